The fourth-order valence-corrected chi connectivity index (χ4v) is 4.09. The predicted molar refractivity (Wildman–Crippen MR) is 138 cm³/mol. The third-order valence-electron chi connectivity index (χ3n) is 5.64. The molecule has 0 radical (unpaired) electrons. The SMILES string of the molecule is C.CC(C)(C)n1[nH]cc2cc3nccc3cc21.CC(C)(C)n1[nH]cc2nc3nccc3cc21. The first-order valence-electron chi connectivity index (χ1n) is 10.9. The first-order chi connectivity index (χ1) is 15.1. The van der Waals surface area contributed by atoms with Crippen LogP contribution in [0.2, 0.25) is 0 Å². The summed E-state index contributed by atoms with van der Waals surface area (Å²) >= 11 is 0. The number of hydrogen-bond donors (Lipinski definition) is 2. The van der Waals surface area contributed by atoms with Crippen molar-refractivity contribution in [1.82, 2.24) is 34.5 Å². The van der Waals surface area contributed by atoms with Crippen LogP contribution in [0.15, 0.2) is 55.1 Å². The van der Waals surface area contributed by atoms with Crippen LogP contribution in [0.25, 0.3) is 43.9 Å². The van der Waals surface area contributed by atoms with Crippen LogP contribution in [0, 0.1) is 0 Å². The molecule has 1 aromatic carbocycles. The maximum atomic E-state index is 4.51. The fourth-order valence-electron chi connectivity index (χ4n) is 4.09. The van der Waals surface area contributed by atoms with E-state index in [4.69, 9.17) is 0 Å². The summed E-state index contributed by atoms with van der Waals surface area (Å²) in [6.45, 7) is 13.1. The molecule has 7 heteroatoms. The molecule has 33 heavy (non-hydrogen) atoms. The van der Waals surface area contributed by atoms with Gasteiger partial charge in [0.15, 0.2) is 5.65 Å². The van der Waals surface area contributed by atoms with Gasteiger partial charge in [-0.25, -0.2) is 9.97 Å². The zero-order chi connectivity index (χ0) is 22.7. The average Bonchev–Trinajstić information content (AvgIpc) is 3.47. The van der Waals surface area contributed by atoms with Gasteiger partial charge in [-0.15, -0.1) is 0 Å². The molecule has 5 heterocycles. The molecule has 7 nitrogen and oxygen atoms in total. The molecule has 6 rings (SSSR count). The second-order valence-corrected chi connectivity index (χ2v) is 10.2. The van der Waals surface area contributed by atoms with E-state index in [1.807, 2.05) is 24.7 Å². The molecule has 5 aromatic heterocycles. The van der Waals surface area contributed by atoms with Crippen molar-refractivity contribution in [3.63, 3.8) is 0 Å². The number of hydrogen-bond acceptors (Lipinski definition) is 3. The lowest BCUT2D eigenvalue weighted by Gasteiger charge is -2.21. The Bertz CT molecular complexity index is 1430. The van der Waals surface area contributed by atoms with Gasteiger partial charge in [0.05, 0.1) is 27.6 Å². The maximum absolute atomic E-state index is 4.51. The van der Waals surface area contributed by atoms with Gasteiger partial charge in [-0.3, -0.25) is 14.3 Å². The second-order valence-electron chi connectivity index (χ2n) is 10.2. The Labute approximate surface area is 193 Å². The van der Waals surface area contributed by atoms with E-state index >= 15 is 0 Å². The lowest BCUT2D eigenvalue weighted by molar-refractivity contribution is 0.368. The Kier molecular flexibility index (Phi) is 5.31. The zero-order valence-electron chi connectivity index (χ0n) is 19.4. The Morgan fingerprint density at radius 2 is 1.27 bits per heavy atom. The van der Waals surface area contributed by atoms with Gasteiger partial charge >= 0.3 is 0 Å². The quantitative estimate of drug-likeness (QED) is 0.278. The van der Waals surface area contributed by atoms with Crippen LogP contribution in [0.3, 0.4) is 0 Å². The summed E-state index contributed by atoms with van der Waals surface area (Å²) in [7, 11) is 0. The summed E-state index contributed by atoms with van der Waals surface area (Å²) in [5.74, 6) is 0. The monoisotopic (exact) mass is 443 g/mol. The highest BCUT2D eigenvalue weighted by atomic mass is 15.3. The summed E-state index contributed by atoms with van der Waals surface area (Å²) in [5, 5.41) is 10.0. The van der Waals surface area contributed by atoms with Gasteiger partial charge < -0.3 is 10.2 Å². The number of aromatic amines is 2. The van der Waals surface area contributed by atoms with Crippen LogP contribution >= 0.6 is 0 Å². The van der Waals surface area contributed by atoms with E-state index in [0.717, 1.165) is 27.6 Å². The van der Waals surface area contributed by atoms with Crippen LogP contribution in [0.5, 0.6) is 0 Å². The molecular formula is C26H33N7. The van der Waals surface area contributed by atoms with Gasteiger partial charge in [-0.05, 0) is 71.9 Å². The third kappa shape index (κ3) is 3.99. The Balaban J connectivity index is 0.000000152. The highest BCUT2D eigenvalue weighted by Crippen LogP contribution is 2.26. The summed E-state index contributed by atoms with van der Waals surface area (Å²) in [6.07, 6.45) is 7.61. The van der Waals surface area contributed by atoms with Gasteiger partial charge in [0, 0.05) is 40.9 Å². The molecule has 0 saturated carbocycles. The number of fused-ring (bicyclic) bond motifs is 4. The molecule has 6 aromatic rings. The van der Waals surface area contributed by atoms with Gasteiger partial charge in [-0.1, -0.05) is 7.43 Å². The molecular weight excluding hydrogens is 410 g/mol. The standard InChI is InChI=1S/C13H15N3.C12H14N4.CH4/c1-13(2,3)16-12-7-9-4-5-14-11(9)6-10(12)8-15-16;1-12(2,3)16-10-6-8-4-5-13-11(8)15-9(10)7-14-16;/h4-8,15H,1-3H3;4-7,14H,1-3H3;1H4. The highest BCUT2D eigenvalue weighted by molar-refractivity contribution is 5.95. The molecule has 2 N–H and O–H groups in total. The second kappa shape index (κ2) is 7.76. The van der Waals surface area contributed by atoms with Gasteiger partial charge in [0.25, 0.3) is 0 Å². The summed E-state index contributed by atoms with van der Waals surface area (Å²) in [5.41, 5.74) is 5.27. The molecule has 0 aliphatic heterocycles. The zero-order valence-corrected chi connectivity index (χ0v) is 19.4. The minimum Gasteiger partial charge on any atom is -0.304 e. The van der Waals surface area contributed by atoms with Crippen molar-refractivity contribution in [2.24, 2.45) is 0 Å². The fraction of sp³-hybridized carbons (Fsp3) is 0.346. The topological polar surface area (TPSA) is 80.1 Å². The van der Waals surface area contributed by atoms with Crippen LogP contribution < -0.4 is 0 Å². The molecule has 0 aliphatic carbocycles. The van der Waals surface area contributed by atoms with Crippen molar-refractivity contribution in [2.45, 2.75) is 60.0 Å². The van der Waals surface area contributed by atoms with E-state index in [2.05, 4.69) is 100 Å². The number of nitrogens with zero attached hydrogens (tertiary/aromatic N) is 5. The van der Waals surface area contributed by atoms with Crippen LogP contribution in [0.1, 0.15) is 49.0 Å². The number of pyridine rings is 1. The summed E-state index contributed by atoms with van der Waals surface area (Å²) in [4.78, 5) is 13.0. The summed E-state index contributed by atoms with van der Waals surface area (Å²) < 4.78 is 4.32. The number of rotatable bonds is 0. The van der Waals surface area contributed by atoms with Crippen molar-refractivity contribution in [1.29, 1.82) is 0 Å². The van der Waals surface area contributed by atoms with E-state index in [0.29, 0.717) is 0 Å². The molecule has 0 amide bonds. The number of H-pyrrole nitrogens is 2. The number of aromatic nitrogens is 7. The van der Waals surface area contributed by atoms with Crippen LogP contribution in [-0.2, 0) is 11.1 Å². The van der Waals surface area contributed by atoms with Crippen molar-refractivity contribution in [3.8, 4) is 0 Å². The lowest BCUT2D eigenvalue weighted by Crippen LogP contribution is -2.22. The first kappa shape index (κ1) is 22.6. The molecule has 0 fully saturated rings. The molecule has 0 spiro atoms. The molecule has 172 valence electrons. The van der Waals surface area contributed by atoms with Gasteiger partial charge in [0.2, 0.25) is 0 Å². The van der Waals surface area contributed by atoms with Crippen molar-refractivity contribution >= 4 is 43.9 Å². The van der Waals surface area contributed by atoms with Gasteiger partial charge in [-0.2, -0.15) is 0 Å². The minimum absolute atomic E-state index is 0. The molecule has 0 saturated heterocycles. The number of benzene rings is 1. The Hall–Kier alpha value is -3.61. The normalized spacial score (nSPS) is 12.3. The average molecular weight is 444 g/mol. The first-order valence-corrected chi connectivity index (χ1v) is 10.9. The van der Waals surface area contributed by atoms with E-state index in [1.165, 1.54) is 16.3 Å². The molecule has 0 bridgehead atoms. The van der Waals surface area contributed by atoms with Crippen LogP contribution in [-0.4, -0.2) is 34.5 Å². The largest absolute Gasteiger partial charge is 0.304 e. The van der Waals surface area contributed by atoms with E-state index in [-0.39, 0.29) is 18.5 Å². The van der Waals surface area contributed by atoms with Crippen molar-refractivity contribution < 1.29 is 0 Å². The summed E-state index contributed by atoms with van der Waals surface area (Å²) in [6, 6.07) is 10.5. The molecule has 0 aliphatic rings. The lowest BCUT2D eigenvalue weighted by atomic mass is 10.1. The van der Waals surface area contributed by atoms with E-state index in [1.54, 1.807) is 6.20 Å². The maximum Gasteiger partial charge on any atom is 0.160 e. The highest BCUT2D eigenvalue weighted by Gasteiger charge is 2.17. The van der Waals surface area contributed by atoms with Crippen molar-refractivity contribution in [3.05, 3.63) is 55.1 Å². The minimum atomic E-state index is 0. The van der Waals surface area contributed by atoms with E-state index in [9.17, 15) is 0 Å². The van der Waals surface area contributed by atoms with Crippen molar-refractivity contribution in [2.75, 3.05) is 0 Å². The molecule has 0 atom stereocenters. The Morgan fingerprint density at radius 1 is 0.667 bits per heavy atom. The Morgan fingerprint density at radius 3 is 2.00 bits per heavy atom. The van der Waals surface area contributed by atoms with Gasteiger partial charge in [0.1, 0.15) is 5.52 Å². The molecule has 0 unspecified atom stereocenters. The van der Waals surface area contributed by atoms with Crippen LogP contribution in [0.4, 0.5) is 0 Å². The number of nitrogens with one attached hydrogen (secondary N) is 2. The third-order valence-corrected chi connectivity index (χ3v) is 5.64. The smallest absolute Gasteiger partial charge is 0.160 e. The predicted octanol–water partition coefficient (Wildman–Crippen LogP) is 6.58. The van der Waals surface area contributed by atoms with E-state index < -0.39 is 0 Å².